The van der Waals surface area contributed by atoms with Crippen molar-refractivity contribution in [3.8, 4) is 17.6 Å². The molecule has 1 aliphatic heterocycles. The van der Waals surface area contributed by atoms with Crippen molar-refractivity contribution in [2.45, 2.75) is 26.4 Å². The fourth-order valence-electron chi connectivity index (χ4n) is 3.20. The molecule has 1 fully saturated rings. The fourth-order valence-corrected chi connectivity index (χ4v) is 3.98. The van der Waals surface area contributed by atoms with Gasteiger partial charge in [0.05, 0.1) is 10.2 Å². The largest absolute Gasteiger partial charge is 0.490 e. The minimum Gasteiger partial charge on any atom is -0.490 e. The lowest BCUT2D eigenvalue weighted by atomic mass is 10.1. The fraction of sp³-hybridized carbons (Fsp3) is 0.304. The molecule has 1 saturated heterocycles. The molecule has 0 aromatic heterocycles. The van der Waals surface area contributed by atoms with E-state index in [-0.39, 0.29) is 11.5 Å². The number of benzene rings is 2. The highest BCUT2D eigenvalue weighted by Crippen LogP contribution is 2.35. The van der Waals surface area contributed by atoms with Crippen molar-refractivity contribution < 1.29 is 14.3 Å². The molecular formula is C23H23IN2O3. The summed E-state index contributed by atoms with van der Waals surface area (Å²) < 4.78 is 12.7. The maximum atomic E-state index is 12.6. The normalized spacial score (nSPS) is 13.8. The predicted molar refractivity (Wildman–Crippen MR) is 121 cm³/mol. The number of carbonyl (C=O) groups is 1. The van der Waals surface area contributed by atoms with E-state index in [4.69, 9.17) is 9.47 Å². The second kappa shape index (κ2) is 10.3. The van der Waals surface area contributed by atoms with Gasteiger partial charge in [0.15, 0.2) is 11.5 Å². The zero-order valence-electron chi connectivity index (χ0n) is 16.4. The van der Waals surface area contributed by atoms with E-state index in [9.17, 15) is 10.1 Å². The van der Waals surface area contributed by atoms with Gasteiger partial charge < -0.3 is 14.4 Å². The Balaban J connectivity index is 1.86. The summed E-state index contributed by atoms with van der Waals surface area (Å²) in [5, 5.41) is 9.50. The van der Waals surface area contributed by atoms with Gasteiger partial charge in [-0.25, -0.2) is 0 Å². The highest BCUT2D eigenvalue weighted by Gasteiger charge is 2.22. The zero-order chi connectivity index (χ0) is 20.6. The number of nitriles is 1. The van der Waals surface area contributed by atoms with Gasteiger partial charge in [-0.05, 0) is 71.7 Å². The van der Waals surface area contributed by atoms with Crippen molar-refractivity contribution in [1.82, 2.24) is 4.90 Å². The van der Waals surface area contributed by atoms with E-state index in [1.165, 1.54) is 0 Å². The quantitative estimate of drug-likeness (QED) is 0.310. The molecule has 1 aliphatic rings. The molecule has 29 heavy (non-hydrogen) atoms. The molecule has 150 valence electrons. The molecule has 5 nitrogen and oxygen atoms in total. The number of hydrogen-bond donors (Lipinski definition) is 0. The second-order valence-electron chi connectivity index (χ2n) is 6.71. The Hall–Kier alpha value is -2.53. The first kappa shape index (κ1) is 21.2. The van der Waals surface area contributed by atoms with Crippen molar-refractivity contribution in [2.75, 3.05) is 19.7 Å². The lowest BCUT2D eigenvalue weighted by molar-refractivity contribution is -0.125. The van der Waals surface area contributed by atoms with E-state index in [1.807, 2.05) is 49.4 Å². The van der Waals surface area contributed by atoms with Crippen LogP contribution in [-0.4, -0.2) is 30.5 Å². The Morgan fingerprint density at radius 1 is 1.21 bits per heavy atom. The molecule has 0 aliphatic carbocycles. The van der Waals surface area contributed by atoms with E-state index < -0.39 is 0 Å². The van der Waals surface area contributed by atoms with Crippen LogP contribution in [0.25, 0.3) is 6.08 Å². The molecule has 0 radical (unpaired) electrons. The first-order valence-electron chi connectivity index (χ1n) is 9.66. The Kier molecular flexibility index (Phi) is 7.53. The summed E-state index contributed by atoms with van der Waals surface area (Å²) in [5.41, 5.74) is 1.95. The van der Waals surface area contributed by atoms with E-state index >= 15 is 0 Å². The van der Waals surface area contributed by atoms with Crippen LogP contribution in [0.15, 0.2) is 48.0 Å². The number of likely N-dealkylation sites (tertiary alicyclic amines) is 1. The van der Waals surface area contributed by atoms with Crippen molar-refractivity contribution >= 4 is 34.6 Å². The van der Waals surface area contributed by atoms with Crippen LogP contribution >= 0.6 is 22.6 Å². The Morgan fingerprint density at radius 3 is 2.59 bits per heavy atom. The standard InChI is InChI=1S/C23H23IN2O3/c1-2-28-21-14-18(12-19(15-25)23(27)26-10-6-7-11-26)13-20(24)22(21)29-16-17-8-4-3-5-9-17/h3-5,8-9,12-14H,2,6-7,10-11,16H2,1H3/b19-12+. The van der Waals surface area contributed by atoms with Gasteiger partial charge in [0, 0.05) is 13.1 Å². The average molecular weight is 502 g/mol. The number of amides is 1. The van der Waals surface area contributed by atoms with Gasteiger partial charge in [0.1, 0.15) is 18.2 Å². The van der Waals surface area contributed by atoms with Crippen LogP contribution in [0.3, 0.4) is 0 Å². The lowest BCUT2D eigenvalue weighted by Gasteiger charge is -2.16. The first-order valence-corrected chi connectivity index (χ1v) is 10.7. The molecule has 0 N–H and O–H groups in total. The van der Waals surface area contributed by atoms with Gasteiger partial charge in [-0.3, -0.25) is 4.79 Å². The van der Waals surface area contributed by atoms with Crippen LogP contribution in [0.1, 0.15) is 30.9 Å². The third-order valence-corrected chi connectivity index (χ3v) is 5.41. The minimum absolute atomic E-state index is 0.142. The third kappa shape index (κ3) is 5.51. The first-order chi connectivity index (χ1) is 14.1. The number of nitrogens with zero attached hydrogens (tertiary/aromatic N) is 2. The van der Waals surface area contributed by atoms with Crippen molar-refractivity contribution in [1.29, 1.82) is 5.26 Å². The van der Waals surface area contributed by atoms with Crippen LogP contribution in [0.5, 0.6) is 11.5 Å². The molecule has 3 rings (SSSR count). The number of rotatable bonds is 7. The van der Waals surface area contributed by atoms with Gasteiger partial charge in [0.2, 0.25) is 0 Å². The van der Waals surface area contributed by atoms with Crippen LogP contribution in [0.2, 0.25) is 0 Å². The van der Waals surface area contributed by atoms with Crippen LogP contribution in [0.4, 0.5) is 0 Å². The van der Waals surface area contributed by atoms with Crippen molar-refractivity contribution in [2.24, 2.45) is 0 Å². The smallest absolute Gasteiger partial charge is 0.264 e. The lowest BCUT2D eigenvalue weighted by Crippen LogP contribution is -2.28. The van der Waals surface area contributed by atoms with Gasteiger partial charge in [-0.1, -0.05) is 30.3 Å². The zero-order valence-corrected chi connectivity index (χ0v) is 18.5. The van der Waals surface area contributed by atoms with E-state index in [1.54, 1.807) is 11.0 Å². The number of hydrogen-bond acceptors (Lipinski definition) is 4. The second-order valence-corrected chi connectivity index (χ2v) is 7.87. The molecule has 6 heteroatoms. The molecule has 0 atom stereocenters. The number of ether oxygens (including phenoxy) is 2. The van der Waals surface area contributed by atoms with Gasteiger partial charge >= 0.3 is 0 Å². The number of halogens is 1. The summed E-state index contributed by atoms with van der Waals surface area (Å²) in [7, 11) is 0. The highest BCUT2D eigenvalue weighted by molar-refractivity contribution is 14.1. The Bertz CT molecular complexity index is 929. The van der Waals surface area contributed by atoms with Gasteiger partial charge in [-0.15, -0.1) is 0 Å². The monoisotopic (exact) mass is 502 g/mol. The average Bonchev–Trinajstić information content (AvgIpc) is 3.27. The molecule has 0 bridgehead atoms. The Morgan fingerprint density at radius 2 is 1.93 bits per heavy atom. The summed E-state index contributed by atoms with van der Waals surface area (Å²) in [6.07, 6.45) is 3.61. The highest BCUT2D eigenvalue weighted by atomic mass is 127. The molecule has 2 aromatic carbocycles. The topological polar surface area (TPSA) is 62.6 Å². The third-order valence-electron chi connectivity index (χ3n) is 4.61. The van der Waals surface area contributed by atoms with Crippen molar-refractivity contribution in [3.05, 3.63) is 62.7 Å². The summed E-state index contributed by atoms with van der Waals surface area (Å²) in [6.45, 7) is 4.26. The van der Waals surface area contributed by atoms with Crippen LogP contribution in [0, 0.1) is 14.9 Å². The van der Waals surface area contributed by atoms with E-state index in [0.717, 1.165) is 27.5 Å². The minimum atomic E-state index is -0.206. The molecule has 1 heterocycles. The maximum Gasteiger partial charge on any atom is 0.264 e. The molecule has 2 aromatic rings. The molecule has 0 spiro atoms. The summed E-state index contributed by atoms with van der Waals surface area (Å²) in [4.78, 5) is 14.3. The van der Waals surface area contributed by atoms with Crippen molar-refractivity contribution in [3.63, 3.8) is 0 Å². The summed E-state index contributed by atoms with van der Waals surface area (Å²) in [5.74, 6) is 1.06. The van der Waals surface area contributed by atoms with Gasteiger partial charge in [0.25, 0.3) is 5.91 Å². The summed E-state index contributed by atoms with van der Waals surface area (Å²) in [6, 6.07) is 15.7. The van der Waals surface area contributed by atoms with E-state index in [2.05, 4.69) is 28.7 Å². The number of carbonyl (C=O) groups excluding carboxylic acids is 1. The molecule has 1 amide bonds. The SMILES string of the molecule is CCOc1cc(/C=C(\C#N)C(=O)N2CCCC2)cc(I)c1OCc1ccccc1. The predicted octanol–water partition coefficient (Wildman–Crippen LogP) is 4.80. The van der Waals surface area contributed by atoms with Crippen LogP contribution in [-0.2, 0) is 11.4 Å². The maximum absolute atomic E-state index is 12.6. The summed E-state index contributed by atoms with van der Waals surface area (Å²) >= 11 is 2.20. The van der Waals surface area contributed by atoms with Gasteiger partial charge in [-0.2, -0.15) is 5.26 Å². The Labute approximate surface area is 185 Å². The van der Waals surface area contributed by atoms with E-state index in [0.29, 0.717) is 37.8 Å². The van der Waals surface area contributed by atoms with Crippen LogP contribution < -0.4 is 9.47 Å². The molecule has 0 saturated carbocycles. The molecular weight excluding hydrogens is 479 g/mol. The molecule has 0 unspecified atom stereocenters.